The van der Waals surface area contributed by atoms with Gasteiger partial charge >= 0.3 is 0 Å². The maximum atomic E-state index is 11.8. The molecule has 0 aliphatic rings. The molecule has 0 fully saturated rings. The van der Waals surface area contributed by atoms with E-state index in [1.807, 2.05) is 12.1 Å². The zero-order chi connectivity index (χ0) is 17.4. The molecule has 2 amide bonds. The summed E-state index contributed by atoms with van der Waals surface area (Å²) in [5.74, 6) is -0.489. The first-order valence-corrected chi connectivity index (χ1v) is 7.98. The van der Waals surface area contributed by atoms with Crippen molar-refractivity contribution in [3.05, 3.63) is 58.6 Å². The monoisotopic (exact) mass is 389 g/mol. The Morgan fingerprint density at radius 2 is 1.79 bits per heavy atom. The lowest BCUT2D eigenvalue weighted by atomic mass is 10.2. The van der Waals surface area contributed by atoms with Gasteiger partial charge in [0.2, 0.25) is 11.8 Å². The number of carbonyl (C=O) groups excluding carboxylic acids is 2. The molecule has 3 N–H and O–H groups in total. The number of carbonyl (C=O) groups is 2. The molecule has 124 valence electrons. The van der Waals surface area contributed by atoms with Gasteiger partial charge in [-0.25, -0.2) is 5.43 Å². The van der Waals surface area contributed by atoms with E-state index in [0.717, 1.165) is 4.47 Å². The highest BCUT2D eigenvalue weighted by Gasteiger charge is 2.06. The molecule has 7 heteroatoms. The van der Waals surface area contributed by atoms with Crippen molar-refractivity contribution in [2.24, 2.45) is 5.10 Å². The van der Waals surface area contributed by atoms with E-state index in [0.29, 0.717) is 11.3 Å². The van der Waals surface area contributed by atoms with E-state index in [9.17, 15) is 14.7 Å². The first-order valence-electron chi connectivity index (χ1n) is 7.19. The van der Waals surface area contributed by atoms with Crippen LogP contribution in [0.2, 0.25) is 0 Å². The molecular formula is C17H16BrN3O3. The van der Waals surface area contributed by atoms with Gasteiger partial charge in [0, 0.05) is 23.0 Å². The fourth-order valence-electron chi connectivity index (χ4n) is 1.82. The molecule has 2 aromatic carbocycles. The van der Waals surface area contributed by atoms with E-state index in [1.54, 1.807) is 30.3 Å². The molecule has 0 atom stereocenters. The highest BCUT2D eigenvalue weighted by atomic mass is 79.9. The molecule has 0 heterocycles. The van der Waals surface area contributed by atoms with Crippen LogP contribution < -0.4 is 10.7 Å². The van der Waals surface area contributed by atoms with Crippen molar-refractivity contribution in [1.82, 2.24) is 5.43 Å². The summed E-state index contributed by atoms with van der Waals surface area (Å²) in [6.07, 6.45) is 1.50. The number of hydrogen-bond acceptors (Lipinski definition) is 4. The molecule has 0 bridgehead atoms. The van der Waals surface area contributed by atoms with Gasteiger partial charge in [0.15, 0.2) is 0 Å². The van der Waals surface area contributed by atoms with Crippen molar-refractivity contribution in [2.75, 3.05) is 5.32 Å². The number of hydrazone groups is 1. The van der Waals surface area contributed by atoms with Crippen molar-refractivity contribution in [3.8, 4) is 5.75 Å². The fraction of sp³-hybridized carbons (Fsp3) is 0.118. The molecule has 2 aromatic rings. The second kappa shape index (κ2) is 8.83. The number of phenolic OH excluding ortho intramolecular Hbond substituents is 1. The van der Waals surface area contributed by atoms with Crippen LogP contribution in [0.4, 0.5) is 5.69 Å². The molecule has 0 spiro atoms. The SMILES string of the molecule is O=C(CCC(=O)Nc1ccc(Br)cc1)N/N=C\c1cccc(O)c1. The van der Waals surface area contributed by atoms with Crippen molar-refractivity contribution in [1.29, 1.82) is 0 Å². The summed E-state index contributed by atoms with van der Waals surface area (Å²) in [5, 5.41) is 15.8. The molecule has 2 rings (SSSR count). The lowest BCUT2D eigenvalue weighted by molar-refractivity contribution is -0.124. The maximum Gasteiger partial charge on any atom is 0.240 e. The Kier molecular flexibility index (Phi) is 6.51. The third-order valence-corrected chi connectivity index (χ3v) is 3.51. The molecule has 0 aliphatic carbocycles. The number of aromatic hydroxyl groups is 1. The molecule has 0 unspecified atom stereocenters. The van der Waals surface area contributed by atoms with Gasteiger partial charge in [-0.2, -0.15) is 5.10 Å². The van der Waals surface area contributed by atoms with Gasteiger partial charge in [0.25, 0.3) is 0 Å². The van der Waals surface area contributed by atoms with Gasteiger partial charge in [-0.3, -0.25) is 9.59 Å². The topological polar surface area (TPSA) is 90.8 Å². The average Bonchev–Trinajstić information content (AvgIpc) is 2.55. The third kappa shape index (κ3) is 6.21. The van der Waals surface area contributed by atoms with Crippen molar-refractivity contribution in [3.63, 3.8) is 0 Å². The van der Waals surface area contributed by atoms with Crippen LogP contribution in [0.15, 0.2) is 58.1 Å². The van der Waals surface area contributed by atoms with Gasteiger partial charge < -0.3 is 10.4 Å². The molecule has 0 aliphatic heterocycles. The number of halogens is 1. The first kappa shape index (κ1) is 17.7. The van der Waals surface area contributed by atoms with Crippen LogP contribution in [0.5, 0.6) is 5.75 Å². The van der Waals surface area contributed by atoms with Gasteiger partial charge in [-0.15, -0.1) is 0 Å². The van der Waals surface area contributed by atoms with Crippen LogP contribution in [0.25, 0.3) is 0 Å². The van der Waals surface area contributed by atoms with Gasteiger partial charge in [0.05, 0.1) is 6.21 Å². The number of amides is 2. The predicted molar refractivity (Wildman–Crippen MR) is 95.8 cm³/mol. The van der Waals surface area contributed by atoms with Crippen LogP contribution in [0.3, 0.4) is 0 Å². The summed E-state index contributed by atoms with van der Waals surface area (Å²) in [4.78, 5) is 23.4. The summed E-state index contributed by atoms with van der Waals surface area (Å²) in [7, 11) is 0. The largest absolute Gasteiger partial charge is 0.508 e. The number of benzene rings is 2. The lowest BCUT2D eigenvalue weighted by Crippen LogP contribution is -2.20. The quantitative estimate of drug-likeness (QED) is 0.523. The van der Waals surface area contributed by atoms with E-state index >= 15 is 0 Å². The van der Waals surface area contributed by atoms with Gasteiger partial charge in [-0.1, -0.05) is 28.1 Å². The Morgan fingerprint density at radius 3 is 2.50 bits per heavy atom. The van der Waals surface area contributed by atoms with Crippen LogP contribution in [-0.4, -0.2) is 23.1 Å². The first-order chi connectivity index (χ1) is 11.5. The van der Waals surface area contributed by atoms with E-state index in [4.69, 9.17) is 0 Å². The van der Waals surface area contributed by atoms with E-state index in [-0.39, 0.29) is 30.4 Å². The van der Waals surface area contributed by atoms with E-state index in [1.165, 1.54) is 12.3 Å². The molecule has 0 aromatic heterocycles. The van der Waals surface area contributed by atoms with Crippen LogP contribution in [0, 0.1) is 0 Å². The normalized spacial score (nSPS) is 10.5. The summed E-state index contributed by atoms with van der Waals surface area (Å²) in [6, 6.07) is 13.6. The zero-order valence-electron chi connectivity index (χ0n) is 12.7. The second-order valence-electron chi connectivity index (χ2n) is 4.94. The standard InChI is InChI=1S/C17H16BrN3O3/c18-13-4-6-14(7-5-13)20-16(23)8-9-17(24)21-19-11-12-2-1-3-15(22)10-12/h1-7,10-11,22H,8-9H2,(H,20,23)(H,21,24)/b19-11-. The van der Waals surface area contributed by atoms with Crippen LogP contribution in [-0.2, 0) is 9.59 Å². The van der Waals surface area contributed by atoms with E-state index < -0.39 is 0 Å². The maximum absolute atomic E-state index is 11.8. The lowest BCUT2D eigenvalue weighted by Gasteiger charge is -2.04. The van der Waals surface area contributed by atoms with Gasteiger partial charge in [-0.05, 0) is 42.0 Å². The predicted octanol–water partition coefficient (Wildman–Crippen LogP) is 3.02. The van der Waals surface area contributed by atoms with Crippen LogP contribution >= 0.6 is 15.9 Å². The third-order valence-electron chi connectivity index (χ3n) is 2.98. The Balaban J connectivity index is 1.72. The molecule has 6 nitrogen and oxygen atoms in total. The summed E-state index contributed by atoms with van der Waals surface area (Å²) < 4.78 is 0.921. The van der Waals surface area contributed by atoms with Crippen molar-refractivity contribution >= 4 is 39.6 Å². The number of hydrogen-bond donors (Lipinski definition) is 3. The van der Waals surface area contributed by atoms with Crippen molar-refractivity contribution in [2.45, 2.75) is 12.8 Å². The Hall–Kier alpha value is -2.67. The minimum absolute atomic E-state index is 0.0275. The molecule has 0 saturated carbocycles. The molecule has 24 heavy (non-hydrogen) atoms. The van der Waals surface area contributed by atoms with E-state index in [2.05, 4.69) is 31.8 Å². The minimum Gasteiger partial charge on any atom is -0.508 e. The minimum atomic E-state index is -0.364. The number of rotatable bonds is 6. The Labute approximate surface area is 147 Å². The summed E-state index contributed by atoms with van der Waals surface area (Å²) >= 11 is 3.31. The molecule has 0 saturated heterocycles. The number of nitrogens with zero attached hydrogens (tertiary/aromatic N) is 1. The van der Waals surface area contributed by atoms with Gasteiger partial charge in [0.1, 0.15) is 5.75 Å². The number of phenols is 1. The fourth-order valence-corrected chi connectivity index (χ4v) is 2.09. The smallest absolute Gasteiger partial charge is 0.240 e. The summed E-state index contributed by atoms with van der Waals surface area (Å²) in [5.41, 5.74) is 3.67. The number of anilines is 1. The van der Waals surface area contributed by atoms with Crippen LogP contribution in [0.1, 0.15) is 18.4 Å². The Bertz CT molecular complexity index is 745. The highest BCUT2D eigenvalue weighted by Crippen LogP contribution is 2.14. The average molecular weight is 390 g/mol. The summed E-state index contributed by atoms with van der Waals surface area (Å²) in [6.45, 7) is 0. The number of nitrogens with one attached hydrogen (secondary N) is 2. The molecular weight excluding hydrogens is 374 g/mol. The highest BCUT2D eigenvalue weighted by molar-refractivity contribution is 9.10. The zero-order valence-corrected chi connectivity index (χ0v) is 14.3. The molecule has 0 radical (unpaired) electrons. The van der Waals surface area contributed by atoms with Crippen molar-refractivity contribution < 1.29 is 14.7 Å². The second-order valence-corrected chi connectivity index (χ2v) is 5.86. The Morgan fingerprint density at radius 1 is 1.08 bits per heavy atom.